The highest BCUT2D eigenvalue weighted by Crippen LogP contribution is 2.12. The number of hydrogen-bond acceptors (Lipinski definition) is 6. The first kappa shape index (κ1) is 52.9. The van der Waals surface area contributed by atoms with Crippen LogP contribution in [0.4, 0.5) is 0 Å². The molecule has 0 aromatic rings. The predicted octanol–water partition coefficient (Wildman–Crippen LogP) is 14.7. The van der Waals surface area contributed by atoms with Gasteiger partial charge < -0.3 is 14.2 Å². The van der Waals surface area contributed by atoms with Crippen LogP contribution >= 0.6 is 0 Å². The molecule has 0 aliphatic heterocycles. The van der Waals surface area contributed by atoms with E-state index in [4.69, 9.17) is 14.2 Å². The van der Waals surface area contributed by atoms with Crippen molar-refractivity contribution in [2.45, 2.75) is 213 Å². The molecule has 0 rings (SSSR count). The Morgan fingerprint density at radius 2 is 0.732 bits per heavy atom. The standard InChI is InChI=1S/C50H84O6/c1-4-7-10-13-16-19-22-24-25-27-28-31-34-37-40-43-49(52)55-46-47(45-54-48(51)42-39-36-33-30-21-18-15-12-9-6-3)56-50(53)44-41-38-35-32-29-26-23-20-17-14-11-8-5-2/h8,11-12,15-17,19-20,24-26,29,47H,4-7,9-10,13-14,18,21-23,27-28,30-46H2,1-3H3/b11-8-,15-12-,19-16-,20-17-,25-24-,29-26-. The number of hydrogen-bond donors (Lipinski definition) is 0. The summed E-state index contributed by atoms with van der Waals surface area (Å²) < 4.78 is 16.7. The van der Waals surface area contributed by atoms with E-state index in [0.717, 1.165) is 128 Å². The van der Waals surface area contributed by atoms with E-state index in [-0.39, 0.29) is 37.5 Å². The monoisotopic (exact) mass is 781 g/mol. The third-order valence-electron chi connectivity index (χ3n) is 9.40. The van der Waals surface area contributed by atoms with Crippen molar-refractivity contribution in [3.63, 3.8) is 0 Å². The van der Waals surface area contributed by atoms with Crippen molar-refractivity contribution in [1.29, 1.82) is 0 Å². The van der Waals surface area contributed by atoms with Crippen molar-refractivity contribution < 1.29 is 28.6 Å². The molecule has 1 unspecified atom stereocenters. The molecule has 0 saturated heterocycles. The molecule has 6 heteroatoms. The van der Waals surface area contributed by atoms with Crippen LogP contribution in [-0.2, 0) is 28.6 Å². The highest BCUT2D eigenvalue weighted by Gasteiger charge is 2.19. The molecule has 56 heavy (non-hydrogen) atoms. The highest BCUT2D eigenvalue weighted by atomic mass is 16.6. The van der Waals surface area contributed by atoms with Crippen LogP contribution < -0.4 is 0 Å². The Morgan fingerprint density at radius 1 is 0.375 bits per heavy atom. The molecule has 0 aliphatic rings. The smallest absolute Gasteiger partial charge is 0.306 e. The van der Waals surface area contributed by atoms with Gasteiger partial charge in [0.1, 0.15) is 13.2 Å². The number of carbonyl (C=O) groups is 3. The summed E-state index contributed by atoms with van der Waals surface area (Å²) in [4.78, 5) is 37.7. The van der Waals surface area contributed by atoms with Gasteiger partial charge in [0.05, 0.1) is 0 Å². The quantitative estimate of drug-likeness (QED) is 0.0267. The summed E-state index contributed by atoms with van der Waals surface area (Å²) in [5.74, 6) is -0.958. The van der Waals surface area contributed by atoms with E-state index in [2.05, 4.69) is 93.7 Å². The second-order valence-corrected chi connectivity index (χ2v) is 14.9. The molecule has 0 bridgehead atoms. The molecule has 0 aromatic carbocycles. The Kier molecular flexibility index (Phi) is 42.1. The van der Waals surface area contributed by atoms with Crippen LogP contribution in [0.15, 0.2) is 72.9 Å². The minimum atomic E-state index is -0.797. The minimum absolute atomic E-state index is 0.0974. The first-order chi connectivity index (χ1) is 27.5. The summed E-state index contributed by atoms with van der Waals surface area (Å²) in [6, 6.07) is 0. The van der Waals surface area contributed by atoms with Crippen molar-refractivity contribution in [2.24, 2.45) is 0 Å². The molecule has 0 aliphatic carbocycles. The second kappa shape index (κ2) is 44.6. The molecule has 0 spiro atoms. The van der Waals surface area contributed by atoms with Gasteiger partial charge in [-0.3, -0.25) is 14.4 Å². The zero-order valence-electron chi connectivity index (χ0n) is 36.4. The molecule has 0 radical (unpaired) electrons. The van der Waals surface area contributed by atoms with Gasteiger partial charge in [-0.2, -0.15) is 0 Å². The maximum Gasteiger partial charge on any atom is 0.306 e. The van der Waals surface area contributed by atoms with Gasteiger partial charge in [0.25, 0.3) is 0 Å². The summed E-state index contributed by atoms with van der Waals surface area (Å²) in [5.41, 5.74) is 0. The lowest BCUT2D eigenvalue weighted by Crippen LogP contribution is -2.30. The third kappa shape index (κ3) is 42.0. The van der Waals surface area contributed by atoms with E-state index in [9.17, 15) is 14.4 Å². The van der Waals surface area contributed by atoms with E-state index in [1.54, 1.807) is 0 Å². The third-order valence-corrected chi connectivity index (χ3v) is 9.40. The van der Waals surface area contributed by atoms with Crippen molar-refractivity contribution >= 4 is 17.9 Å². The topological polar surface area (TPSA) is 78.9 Å². The van der Waals surface area contributed by atoms with Crippen LogP contribution in [-0.4, -0.2) is 37.2 Å². The van der Waals surface area contributed by atoms with Crippen molar-refractivity contribution in [2.75, 3.05) is 13.2 Å². The SMILES string of the molecule is CC/C=C\C/C=C\C/C=C\CCCCCC(=O)OC(COC(=O)CCCCCCC/C=C\C/C=C\CCCCC)COC(=O)CCCCCCC/C=C\CCC. The molecule has 0 saturated carbocycles. The number of unbranched alkanes of at least 4 members (excludes halogenated alkanes) is 17. The highest BCUT2D eigenvalue weighted by molar-refractivity contribution is 5.71. The number of rotatable bonds is 40. The molecule has 0 amide bonds. The fourth-order valence-electron chi connectivity index (χ4n) is 5.96. The average molecular weight is 781 g/mol. The summed E-state index contributed by atoms with van der Waals surface area (Å²) in [5, 5.41) is 0. The number of esters is 3. The largest absolute Gasteiger partial charge is 0.462 e. The zero-order valence-corrected chi connectivity index (χ0v) is 36.4. The minimum Gasteiger partial charge on any atom is -0.462 e. The lowest BCUT2D eigenvalue weighted by atomic mass is 10.1. The van der Waals surface area contributed by atoms with Gasteiger partial charge in [0, 0.05) is 19.3 Å². The zero-order chi connectivity index (χ0) is 40.8. The summed E-state index contributed by atoms with van der Waals surface area (Å²) >= 11 is 0. The molecule has 0 fully saturated rings. The molecule has 1 atom stereocenters. The Balaban J connectivity index is 4.45. The van der Waals surface area contributed by atoms with Crippen LogP contribution in [0.2, 0.25) is 0 Å². The van der Waals surface area contributed by atoms with Gasteiger partial charge in [0.15, 0.2) is 6.10 Å². The van der Waals surface area contributed by atoms with Crippen LogP contribution in [0.3, 0.4) is 0 Å². The fourth-order valence-corrected chi connectivity index (χ4v) is 5.96. The Hall–Kier alpha value is -3.15. The first-order valence-electron chi connectivity index (χ1n) is 22.9. The van der Waals surface area contributed by atoms with Gasteiger partial charge in [-0.15, -0.1) is 0 Å². The van der Waals surface area contributed by atoms with E-state index in [1.807, 2.05) is 0 Å². The van der Waals surface area contributed by atoms with Crippen LogP contribution in [0.1, 0.15) is 207 Å². The number of carbonyl (C=O) groups excluding carboxylic acids is 3. The molecule has 0 N–H and O–H groups in total. The molecule has 0 aromatic heterocycles. The first-order valence-corrected chi connectivity index (χ1v) is 22.9. The Labute approximate surface area is 344 Å². The predicted molar refractivity (Wildman–Crippen MR) is 238 cm³/mol. The van der Waals surface area contributed by atoms with Crippen LogP contribution in [0, 0.1) is 0 Å². The lowest BCUT2D eigenvalue weighted by molar-refractivity contribution is -0.167. The van der Waals surface area contributed by atoms with Crippen LogP contribution in [0.25, 0.3) is 0 Å². The average Bonchev–Trinajstić information content (AvgIpc) is 3.19. The second-order valence-electron chi connectivity index (χ2n) is 14.9. The summed E-state index contributed by atoms with van der Waals surface area (Å²) in [7, 11) is 0. The van der Waals surface area contributed by atoms with Crippen molar-refractivity contribution in [3.8, 4) is 0 Å². The van der Waals surface area contributed by atoms with Crippen molar-refractivity contribution in [1.82, 2.24) is 0 Å². The van der Waals surface area contributed by atoms with E-state index in [1.165, 1.54) is 38.5 Å². The number of allylic oxidation sites excluding steroid dienone is 12. The van der Waals surface area contributed by atoms with Gasteiger partial charge in [-0.1, -0.05) is 158 Å². The molecular weight excluding hydrogens is 697 g/mol. The van der Waals surface area contributed by atoms with E-state index >= 15 is 0 Å². The van der Waals surface area contributed by atoms with Gasteiger partial charge in [-0.25, -0.2) is 0 Å². The maximum absolute atomic E-state index is 12.7. The lowest BCUT2D eigenvalue weighted by Gasteiger charge is -2.18. The molecule has 0 heterocycles. The molecule has 6 nitrogen and oxygen atoms in total. The Morgan fingerprint density at radius 3 is 1.20 bits per heavy atom. The van der Waals surface area contributed by atoms with Gasteiger partial charge >= 0.3 is 17.9 Å². The summed E-state index contributed by atoms with van der Waals surface area (Å²) in [6.45, 7) is 6.37. The van der Waals surface area contributed by atoms with Gasteiger partial charge in [-0.05, 0) is 103 Å². The van der Waals surface area contributed by atoms with Gasteiger partial charge in [0.2, 0.25) is 0 Å². The molecule has 320 valence electrons. The van der Waals surface area contributed by atoms with Crippen molar-refractivity contribution in [3.05, 3.63) is 72.9 Å². The van der Waals surface area contributed by atoms with E-state index < -0.39 is 6.10 Å². The Bertz CT molecular complexity index is 1080. The summed E-state index contributed by atoms with van der Waals surface area (Å²) in [6.07, 6.45) is 54.6. The maximum atomic E-state index is 12.7. The normalized spacial score (nSPS) is 12.7. The van der Waals surface area contributed by atoms with Crippen LogP contribution in [0.5, 0.6) is 0 Å². The van der Waals surface area contributed by atoms with E-state index in [0.29, 0.717) is 12.8 Å². The fraction of sp³-hybridized carbons (Fsp3) is 0.700. The number of ether oxygens (including phenoxy) is 3. The molecular formula is C50H84O6.